The van der Waals surface area contributed by atoms with Gasteiger partial charge in [-0.15, -0.1) is 0 Å². The Morgan fingerprint density at radius 2 is 1.67 bits per heavy atom. The molecule has 1 aromatic carbocycles. The molecule has 1 saturated carbocycles. The molecule has 0 spiro atoms. The predicted octanol–water partition coefficient (Wildman–Crippen LogP) is 0.537. The monoisotopic (exact) mass is 378 g/mol. The molecular formula is C19H26N2O6. The molecule has 1 aromatic rings. The summed E-state index contributed by atoms with van der Waals surface area (Å²) in [5.41, 5.74) is -0.0436. The molecule has 2 unspecified atom stereocenters. The number of benzene rings is 1. The Morgan fingerprint density at radius 3 is 2.22 bits per heavy atom. The molecule has 0 aromatic heterocycles. The van der Waals surface area contributed by atoms with E-state index in [0.717, 1.165) is 18.4 Å². The van der Waals surface area contributed by atoms with Crippen LogP contribution < -0.4 is 10.6 Å². The lowest BCUT2D eigenvalue weighted by Gasteiger charge is -2.32. The van der Waals surface area contributed by atoms with Gasteiger partial charge in [-0.25, -0.2) is 4.79 Å². The molecule has 148 valence electrons. The van der Waals surface area contributed by atoms with Crippen molar-refractivity contribution in [3.8, 4) is 0 Å². The van der Waals surface area contributed by atoms with E-state index in [2.05, 4.69) is 10.6 Å². The van der Waals surface area contributed by atoms with E-state index in [4.69, 9.17) is 5.11 Å². The number of carbonyl (C=O) groups is 3. The highest BCUT2D eigenvalue weighted by Gasteiger charge is 2.43. The molecule has 1 aliphatic carbocycles. The SMILES string of the molecule is O=C(O)C(O)CNC(=O)C1(NC(CCc2ccccc2)C(=O)O)CCCC1. The van der Waals surface area contributed by atoms with Gasteiger partial charge in [0.15, 0.2) is 6.10 Å². The molecule has 27 heavy (non-hydrogen) atoms. The fourth-order valence-electron chi connectivity index (χ4n) is 3.41. The molecule has 1 amide bonds. The van der Waals surface area contributed by atoms with E-state index in [1.165, 1.54) is 0 Å². The Morgan fingerprint density at radius 1 is 1.04 bits per heavy atom. The summed E-state index contributed by atoms with van der Waals surface area (Å²) >= 11 is 0. The van der Waals surface area contributed by atoms with Crippen molar-refractivity contribution in [2.45, 2.75) is 56.2 Å². The Hall–Kier alpha value is -2.45. The van der Waals surface area contributed by atoms with Crippen molar-refractivity contribution in [3.05, 3.63) is 35.9 Å². The van der Waals surface area contributed by atoms with E-state index in [9.17, 15) is 24.6 Å². The number of carboxylic acids is 2. The lowest BCUT2D eigenvalue weighted by Crippen LogP contribution is -2.60. The van der Waals surface area contributed by atoms with E-state index in [1.54, 1.807) is 0 Å². The van der Waals surface area contributed by atoms with Gasteiger partial charge in [0.05, 0.1) is 12.1 Å². The minimum atomic E-state index is -1.69. The zero-order valence-corrected chi connectivity index (χ0v) is 15.1. The summed E-state index contributed by atoms with van der Waals surface area (Å²) < 4.78 is 0. The maximum Gasteiger partial charge on any atom is 0.334 e. The molecule has 1 aliphatic rings. The molecule has 5 N–H and O–H groups in total. The highest BCUT2D eigenvalue weighted by atomic mass is 16.4. The first-order chi connectivity index (χ1) is 12.8. The average molecular weight is 378 g/mol. The number of amides is 1. The van der Waals surface area contributed by atoms with Gasteiger partial charge in [-0.1, -0.05) is 43.2 Å². The average Bonchev–Trinajstić information content (AvgIpc) is 3.13. The summed E-state index contributed by atoms with van der Waals surface area (Å²) in [5, 5.41) is 33.1. The van der Waals surface area contributed by atoms with Crippen molar-refractivity contribution in [3.63, 3.8) is 0 Å². The Labute approximate surface area is 157 Å². The van der Waals surface area contributed by atoms with Gasteiger partial charge in [-0.3, -0.25) is 14.9 Å². The van der Waals surface area contributed by atoms with Crippen molar-refractivity contribution in [2.75, 3.05) is 6.54 Å². The lowest BCUT2D eigenvalue weighted by atomic mass is 9.93. The van der Waals surface area contributed by atoms with Crippen LogP contribution in [0.4, 0.5) is 0 Å². The largest absolute Gasteiger partial charge is 0.480 e. The number of nitrogens with one attached hydrogen (secondary N) is 2. The number of aryl methyl sites for hydroxylation is 1. The third-order valence-electron chi connectivity index (χ3n) is 4.95. The van der Waals surface area contributed by atoms with Gasteiger partial charge in [0.2, 0.25) is 5.91 Å². The fraction of sp³-hybridized carbons (Fsp3) is 0.526. The van der Waals surface area contributed by atoms with Gasteiger partial charge in [-0.2, -0.15) is 0 Å². The van der Waals surface area contributed by atoms with Crippen LogP contribution in [-0.2, 0) is 20.8 Å². The smallest absolute Gasteiger partial charge is 0.334 e. The van der Waals surface area contributed by atoms with Crippen LogP contribution in [0.1, 0.15) is 37.7 Å². The van der Waals surface area contributed by atoms with Gasteiger partial charge in [-0.05, 0) is 31.2 Å². The standard InChI is InChI=1S/C19H26N2O6/c22-15(17(25)26)12-20-18(27)19(10-4-5-11-19)21-14(16(23)24)9-8-13-6-2-1-3-7-13/h1-3,6-7,14-15,21-22H,4-5,8-12H2,(H,20,27)(H,23,24)(H,25,26). The predicted molar refractivity (Wildman–Crippen MR) is 97.2 cm³/mol. The molecule has 0 aliphatic heterocycles. The lowest BCUT2D eigenvalue weighted by molar-refractivity contribution is -0.146. The van der Waals surface area contributed by atoms with Crippen LogP contribution in [-0.4, -0.2) is 57.4 Å². The van der Waals surface area contributed by atoms with Gasteiger partial charge >= 0.3 is 11.9 Å². The van der Waals surface area contributed by atoms with Crippen molar-refractivity contribution >= 4 is 17.8 Å². The van der Waals surface area contributed by atoms with Crippen LogP contribution in [0.3, 0.4) is 0 Å². The van der Waals surface area contributed by atoms with Gasteiger partial charge < -0.3 is 20.6 Å². The first-order valence-electron chi connectivity index (χ1n) is 9.08. The molecular weight excluding hydrogens is 352 g/mol. The van der Waals surface area contributed by atoms with Crippen molar-refractivity contribution in [1.82, 2.24) is 10.6 Å². The molecule has 0 heterocycles. The summed E-state index contributed by atoms with van der Waals surface area (Å²) in [6.07, 6.45) is 1.67. The van der Waals surface area contributed by atoms with E-state index in [0.29, 0.717) is 25.7 Å². The maximum atomic E-state index is 12.7. The number of hydrogen-bond donors (Lipinski definition) is 5. The molecule has 2 atom stereocenters. The summed E-state index contributed by atoms with van der Waals surface area (Å²) in [7, 11) is 0. The second-order valence-corrected chi connectivity index (χ2v) is 6.91. The minimum absolute atomic E-state index is 0.326. The Kier molecular flexibility index (Phi) is 7.32. The number of aliphatic hydroxyl groups excluding tert-OH is 1. The van der Waals surface area contributed by atoms with Crippen LogP contribution in [0.2, 0.25) is 0 Å². The highest BCUT2D eigenvalue weighted by molar-refractivity contribution is 5.88. The summed E-state index contributed by atoms with van der Waals surface area (Å²) in [6.45, 7) is -0.417. The molecule has 0 bridgehead atoms. The number of carboxylic acid groups (broad SMARTS) is 2. The molecule has 2 rings (SSSR count). The summed E-state index contributed by atoms with van der Waals surface area (Å²) in [5.74, 6) is -2.92. The highest BCUT2D eigenvalue weighted by Crippen LogP contribution is 2.31. The fourth-order valence-corrected chi connectivity index (χ4v) is 3.41. The zero-order chi connectivity index (χ0) is 19.9. The molecule has 8 heteroatoms. The third kappa shape index (κ3) is 5.77. The van der Waals surface area contributed by atoms with Crippen LogP contribution >= 0.6 is 0 Å². The van der Waals surface area contributed by atoms with Gasteiger partial charge in [0, 0.05) is 0 Å². The second kappa shape index (κ2) is 9.48. The number of aliphatic hydroxyl groups is 1. The minimum Gasteiger partial charge on any atom is -0.480 e. The maximum absolute atomic E-state index is 12.7. The second-order valence-electron chi connectivity index (χ2n) is 6.91. The van der Waals surface area contributed by atoms with Crippen molar-refractivity contribution in [2.24, 2.45) is 0 Å². The van der Waals surface area contributed by atoms with Gasteiger partial charge in [0.1, 0.15) is 6.04 Å². The van der Waals surface area contributed by atoms with Crippen LogP contribution in [0.15, 0.2) is 30.3 Å². The Balaban J connectivity index is 2.03. The number of carbonyl (C=O) groups excluding carboxylic acids is 1. The number of rotatable bonds is 10. The number of hydrogen-bond acceptors (Lipinski definition) is 5. The van der Waals surface area contributed by atoms with E-state index in [1.807, 2.05) is 30.3 Å². The molecule has 0 radical (unpaired) electrons. The first kappa shape index (κ1) is 20.9. The van der Waals surface area contributed by atoms with E-state index < -0.39 is 42.1 Å². The van der Waals surface area contributed by atoms with Crippen molar-refractivity contribution in [1.29, 1.82) is 0 Å². The quantitative estimate of drug-likeness (QED) is 0.401. The zero-order valence-electron chi connectivity index (χ0n) is 15.1. The topological polar surface area (TPSA) is 136 Å². The van der Waals surface area contributed by atoms with E-state index >= 15 is 0 Å². The van der Waals surface area contributed by atoms with Crippen LogP contribution in [0.25, 0.3) is 0 Å². The third-order valence-corrected chi connectivity index (χ3v) is 4.95. The van der Waals surface area contributed by atoms with Crippen LogP contribution in [0, 0.1) is 0 Å². The van der Waals surface area contributed by atoms with Crippen molar-refractivity contribution < 1.29 is 29.7 Å². The molecule has 0 saturated heterocycles. The van der Waals surface area contributed by atoms with Crippen LogP contribution in [0.5, 0.6) is 0 Å². The first-order valence-corrected chi connectivity index (χ1v) is 9.08. The summed E-state index contributed by atoms with van der Waals surface area (Å²) in [4.78, 5) is 35.1. The Bertz CT molecular complexity index is 657. The number of aliphatic carboxylic acids is 2. The molecule has 8 nitrogen and oxygen atoms in total. The van der Waals surface area contributed by atoms with E-state index in [-0.39, 0.29) is 0 Å². The normalized spacial score (nSPS) is 17.8. The molecule has 1 fully saturated rings. The van der Waals surface area contributed by atoms with Gasteiger partial charge in [0.25, 0.3) is 0 Å². The summed E-state index contributed by atoms with van der Waals surface area (Å²) in [6, 6.07) is 8.60.